The number of nitrogens with zero attached hydrogens (tertiary/aromatic N) is 2. The van der Waals surface area contributed by atoms with Crippen LogP contribution in [0.3, 0.4) is 0 Å². The molecular formula is C9H9F2N3. The average molecular weight is 197 g/mol. The van der Waals surface area contributed by atoms with Crippen LogP contribution in [0.1, 0.15) is 12.2 Å². The second-order valence-electron chi connectivity index (χ2n) is 2.92. The molecule has 0 aromatic carbocycles. The first kappa shape index (κ1) is 9.08. The Balaban J connectivity index is 2.74. The van der Waals surface area contributed by atoms with Gasteiger partial charge in [0.05, 0.1) is 5.52 Å². The van der Waals surface area contributed by atoms with E-state index in [1.807, 2.05) is 0 Å². The van der Waals surface area contributed by atoms with Gasteiger partial charge >= 0.3 is 6.55 Å². The van der Waals surface area contributed by atoms with Crippen LogP contribution in [-0.4, -0.2) is 9.55 Å². The van der Waals surface area contributed by atoms with Gasteiger partial charge in [-0.15, -0.1) is 0 Å². The van der Waals surface area contributed by atoms with Crippen LogP contribution in [0.2, 0.25) is 0 Å². The second-order valence-corrected chi connectivity index (χ2v) is 2.92. The highest BCUT2D eigenvalue weighted by Crippen LogP contribution is 2.24. The molecule has 2 rings (SSSR count). The molecule has 0 fully saturated rings. The molecule has 14 heavy (non-hydrogen) atoms. The third-order valence-electron chi connectivity index (χ3n) is 2.12. The molecule has 0 amide bonds. The Kier molecular flexibility index (Phi) is 2.17. The summed E-state index contributed by atoms with van der Waals surface area (Å²) in [5, 5.41) is 0.688. The van der Waals surface area contributed by atoms with Crippen molar-refractivity contribution in [1.29, 1.82) is 0 Å². The van der Waals surface area contributed by atoms with Crippen LogP contribution in [0, 0.1) is 0 Å². The number of pyridine rings is 1. The summed E-state index contributed by atoms with van der Waals surface area (Å²) in [5.74, 6) is 0. The summed E-state index contributed by atoms with van der Waals surface area (Å²) in [4.78, 5) is 3.86. The Labute approximate surface area is 79.2 Å². The van der Waals surface area contributed by atoms with E-state index in [0.29, 0.717) is 16.6 Å². The van der Waals surface area contributed by atoms with Gasteiger partial charge in [0.2, 0.25) is 0 Å². The van der Waals surface area contributed by atoms with Crippen molar-refractivity contribution in [2.24, 2.45) is 5.73 Å². The van der Waals surface area contributed by atoms with Gasteiger partial charge in [0, 0.05) is 30.0 Å². The predicted molar refractivity (Wildman–Crippen MR) is 48.9 cm³/mol. The summed E-state index contributed by atoms with van der Waals surface area (Å²) < 4.78 is 26.3. The molecule has 0 radical (unpaired) electrons. The lowest BCUT2D eigenvalue weighted by atomic mass is 10.3. The van der Waals surface area contributed by atoms with E-state index in [9.17, 15) is 8.78 Å². The Morgan fingerprint density at radius 2 is 2.29 bits per heavy atom. The first-order chi connectivity index (χ1) is 6.74. The van der Waals surface area contributed by atoms with Gasteiger partial charge < -0.3 is 5.73 Å². The molecule has 2 aromatic heterocycles. The van der Waals surface area contributed by atoms with Crippen molar-refractivity contribution >= 4 is 10.9 Å². The van der Waals surface area contributed by atoms with E-state index in [-0.39, 0.29) is 6.54 Å². The van der Waals surface area contributed by atoms with Crippen molar-refractivity contribution in [3.63, 3.8) is 0 Å². The third kappa shape index (κ3) is 1.26. The number of nitrogens with two attached hydrogens (primary N) is 1. The third-order valence-corrected chi connectivity index (χ3v) is 2.12. The molecular weight excluding hydrogens is 188 g/mol. The van der Waals surface area contributed by atoms with Gasteiger partial charge in [-0.25, -0.2) is 0 Å². The molecule has 2 aromatic rings. The summed E-state index contributed by atoms with van der Waals surface area (Å²) in [7, 11) is 0. The lowest BCUT2D eigenvalue weighted by molar-refractivity contribution is 0.0724. The van der Waals surface area contributed by atoms with E-state index in [0.717, 1.165) is 4.57 Å². The van der Waals surface area contributed by atoms with Crippen LogP contribution >= 0.6 is 0 Å². The molecule has 0 saturated heterocycles. The van der Waals surface area contributed by atoms with Crippen molar-refractivity contribution in [2.45, 2.75) is 13.1 Å². The largest absolute Gasteiger partial charge is 0.325 e. The first-order valence-electron chi connectivity index (χ1n) is 4.16. The van der Waals surface area contributed by atoms with Crippen molar-refractivity contribution < 1.29 is 8.78 Å². The van der Waals surface area contributed by atoms with Gasteiger partial charge in [-0.2, -0.15) is 8.78 Å². The zero-order chi connectivity index (χ0) is 10.1. The van der Waals surface area contributed by atoms with Crippen molar-refractivity contribution in [1.82, 2.24) is 9.55 Å². The van der Waals surface area contributed by atoms with Gasteiger partial charge in [0.1, 0.15) is 0 Å². The van der Waals surface area contributed by atoms with E-state index >= 15 is 0 Å². The molecule has 0 aliphatic heterocycles. The second kappa shape index (κ2) is 3.34. The molecule has 0 saturated carbocycles. The maximum Gasteiger partial charge on any atom is 0.319 e. The molecule has 74 valence electrons. The molecule has 0 bridgehead atoms. The van der Waals surface area contributed by atoms with Gasteiger partial charge in [0.15, 0.2) is 0 Å². The Hall–Kier alpha value is -1.49. The summed E-state index contributed by atoms with van der Waals surface area (Å²) in [6, 6.07) is 3.19. The van der Waals surface area contributed by atoms with Crippen LogP contribution in [0.25, 0.3) is 10.9 Å². The molecule has 5 heteroatoms. The lowest BCUT2D eigenvalue weighted by Gasteiger charge is -2.06. The van der Waals surface area contributed by atoms with Crippen LogP contribution in [0.5, 0.6) is 0 Å². The fourth-order valence-corrected chi connectivity index (χ4v) is 1.52. The zero-order valence-electron chi connectivity index (χ0n) is 7.32. The van der Waals surface area contributed by atoms with E-state index in [2.05, 4.69) is 4.98 Å². The molecule has 0 atom stereocenters. The number of fused-ring (bicyclic) bond motifs is 1. The molecule has 3 nitrogen and oxygen atoms in total. The molecule has 0 unspecified atom stereocenters. The minimum absolute atomic E-state index is 0.0962. The van der Waals surface area contributed by atoms with Crippen LogP contribution < -0.4 is 5.73 Å². The molecule has 0 aliphatic rings. The summed E-state index contributed by atoms with van der Waals surface area (Å²) in [6.45, 7) is -2.47. The summed E-state index contributed by atoms with van der Waals surface area (Å²) in [6.07, 6.45) is 3.04. The fourth-order valence-electron chi connectivity index (χ4n) is 1.52. The van der Waals surface area contributed by atoms with Gasteiger partial charge in [-0.05, 0) is 12.1 Å². The lowest BCUT2D eigenvalue weighted by Crippen LogP contribution is -2.07. The number of alkyl halides is 2. The fraction of sp³-hybridized carbons (Fsp3) is 0.222. The average Bonchev–Trinajstić information content (AvgIpc) is 2.55. The Morgan fingerprint density at radius 1 is 1.50 bits per heavy atom. The van der Waals surface area contributed by atoms with Crippen molar-refractivity contribution in [3.8, 4) is 0 Å². The summed E-state index contributed by atoms with van der Waals surface area (Å²) in [5.41, 5.74) is 6.27. The first-order valence-corrected chi connectivity index (χ1v) is 4.16. The monoisotopic (exact) mass is 197 g/mol. The number of aromatic nitrogens is 2. The molecule has 2 heterocycles. The topological polar surface area (TPSA) is 43.8 Å². The van der Waals surface area contributed by atoms with E-state index < -0.39 is 6.55 Å². The molecule has 0 aliphatic carbocycles. The number of halogens is 2. The minimum atomic E-state index is -2.56. The normalized spacial score (nSPS) is 11.4. The summed E-state index contributed by atoms with van der Waals surface area (Å²) >= 11 is 0. The number of hydrogen-bond acceptors (Lipinski definition) is 2. The number of hydrogen-bond donors (Lipinski definition) is 1. The van der Waals surface area contributed by atoms with E-state index in [1.165, 1.54) is 6.20 Å². The minimum Gasteiger partial charge on any atom is -0.325 e. The van der Waals surface area contributed by atoms with Crippen LogP contribution in [0.15, 0.2) is 24.5 Å². The Morgan fingerprint density at radius 3 is 2.93 bits per heavy atom. The van der Waals surface area contributed by atoms with Gasteiger partial charge in [-0.3, -0.25) is 9.55 Å². The number of rotatable bonds is 2. The highest BCUT2D eigenvalue weighted by atomic mass is 19.3. The van der Waals surface area contributed by atoms with E-state index in [1.54, 1.807) is 18.3 Å². The predicted octanol–water partition coefficient (Wildman–Crippen LogP) is 1.89. The SMILES string of the molecule is NCc1cc2cnccc2n1C(F)F. The quantitative estimate of drug-likeness (QED) is 0.798. The maximum atomic E-state index is 12.7. The Bertz CT molecular complexity index is 450. The zero-order valence-corrected chi connectivity index (χ0v) is 7.32. The van der Waals surface area contributed by atoms with Crippen LogP contribution in [-0.2, 0) is 6.54 Å². The smallest absolute Gasteiger partial charge is 0.319 e. The van der Waals surface area contributed by atoms with E-state index in [4.69, 9.17) is 5.73 Å². The molecule has 0 spiro atoms. The highest BCUT2D eigenvalue weighted by molar-refractivity contribution is 5.80. The van der Waals surface area contributed by atoms with Crippen molar-refractivity contribution in [3.05, 3.63) is 30.2 Å². The molecule has 2 N–H and O–H groups in total. The van der Waals surface area contributed by atoms with Gasteiger partial charge in [0.25, 0.3) is 0 Å². The highest BCUT2D eigenvalue weighted by Gasteiger charge is 2.14. The van der Waals surface area contributed by atoms with Gasteiger partial charge in [-0.1, -0.05) is 0 Å². The maximum absolute atomic E-state index is 12.7. The van der Waals surface area contributed by atoms with Crippen LogP contribution in [0.4, 0.5) is 8.78 Å². The van der Waals surface area contributed by atoms with Crippen molar-refractivity contribution in [2.75, 3.05) is 0 Å². The standard InChI is InChI=1S/C9H9F2N3/c10-9(11)14-7(4-12)3-6-5-13-2-1-8(6)14/h1-3,5,9H,4,12H2.